The third-order valence-corrected chi connectivity index (χ3v) is 3.31. The summed E-state index contributed by atoms with van der Waals surface area (Å²) in [5, 5.41) is 12.9. The van der Waals surface area contributed by atoms with Crippen molar-refractivity contribution in [3.05, 3.63) is 33.3 Å². The molecule has 1 aromatic carbocycles. The second-order valence-electron chi connectivity index (χ2n) is 3.88. The van der Waals surface area contributed by atoms with Crippen molar-refractivity contribution in [2.24, 2.45) is 0 Å². The van der Waals surface area contributed by atoms with E-state index in [0.29, 0.717) is 6.04 Å². The summed E-state index contributed by atoms with van der Waals surface area (Å²) in [4.78, 5) is 0. The van der Waals surface area contributed by atoms with Crippen LogP contribution in [0.1, 0.15) is 25.3 Å². The number of hydrogen-bond donors (Lipinski definition) is 2. The lowest BCUT2D eigenvalue weighted by atomic mass is 10.1. The molecule has 90 valence electrons. The Kier molecular flexibility index (Phi) is 6.36. The number of aliphatic hydroxyl groups excluding tert-OH is 1. The summed E-state index contributed by atoms with van der Waals surface area (Å²) in [7, 11) is 0. The van der Waals surface area contributed by atoms with Gasteiger partial charge in [0, 0.05) is 28.7 Å². The second-order valence-corrected chi connectivity index (χ2v) is 5.21. The van der Waals surface area contributed by atoms with E-state index in [9.17, 15) is 0 Å². The molecule has 1 rings (SSSR count). The van der Waals surface area contributed by atoms with E-state index in [1.54, 1.807) is 0 Å². The van der Waals surface area contributed by atoms with E-state index in [1.807, 2.05) is 18.2 Å². The van der Waals surface area contributed by atoms with Gasteiger partial charge in [0.25, 0.3) is 0 Å². The van der Waals surface area contributed by atoms with Crippen molar-refractivity contribution in [3.63, 3.8) is 0 Å². The Morgan fingerprint density at radius 3 is 2.94 bits per heavy atom. The summed E-state index contributed by atoms with van der Waals surface area (Å²) < 4.78 is 1.04. The number of hydrogen-bond acceptors (Lipinski definition) is 2. The standard InChI is InChI=1S/C12H17BrClNO/c1-9(3-2-6-16)15-8-10-7-11(13)4-5-12(10)14/h4-5,7,9,15-16H,2-3,6,8H2,1H3. The van der Waals surface area contributed by atoms with Crippen LogP contribution in [-0.2, 0) is 6.54 Å². The fraction of sp³-hybridized carbons (Fsp3) is 0.500. The minimum absolute atomic E-state index is 0.254. The van der Waals surface area contributed by atoms with Crippen molar-refractivity contribution in [2.45, 2.75) is 32.4 Å². The highest BCUT2D eigenvalue weighted by molar-refractivity contribution is 9.10. The van der Waals surface area contributed by atoms with Crippen LogP contribution < -0.4 is 5.32 Å². The van der Waals surface area contributed by atoms with Crippen LogP contribution in [0.2, 0.25) is 5.02 Å². The first-order valence-electron chi connectivity index (χ1n) is 5.41. The molecule has 2 nitrogen and oxygen atoms in total. The zero-order valence-corrected chi connectivity index (χ0v) is 11.7. The highest BCUT2D eigenvalue weighted by Crippen LogP contribution is 2.20. The summed E-state index contributed by atoms with van der Waals surface area (Å²) in [5.74, 6) is 0. The summed E-state index contributed by atoms with van der Waals surface area (Å²) in [6.07, 6.45) is 1.81. The van der Waals surface area contributed by atoms with Gasteiger partial charge >= 0.3 is 0 Å². The normalized spacial score (nSPS) is 12.8. The summed E-state index contributed by atoms with van der Waals surface area (Å²) in [5.41, 5.74) is 1.09. The molecule has 0 bridgehead atoms. The van der Waals surface area contributed by atoms with Crippen LogP contribution in [-0.4, -0.2) is 17.8 Å². The minimum Gasteiger partial charge on any atom is -0.396 e. The number of benzene rings is 1. The number of halogens is 2. The minimum atomic E-state index is 0.254. The molecule has 1 aromatic rings. The first-order valence-corrected chi connectivity index (χ1v) is 6.58. The number of rotatable bonds is 6. The Morgan fingerprint density at radius 1 is 1.50 bits per heavy atom. The van der Waals surface area contributed by atoms with Crippen molar-refractivity contribution in [2.75, 3.05) is 6.61 Å². The molecule has 0 fully saturated rings. The highest BCUT2D eigenvalue weighted by Gasteiger charge is 2.04. The van der Waals surface area contributed by atoms with Crippen molar-refractivity contribution in [3.8, 4) is 0 Å². The molecule has 0 aliphatic rings. The maximum atomic E-state index is 8.73. The van der Waals surface area contributed by atoms with Crippen LogP contribution in [0.5, 0.6) is 0 Å². The lowest BCUT2D eigenvalue weighted by Gasteiger charge is -2.14. The van der Waals surface area contributed by atoms with Gasteiger partial charge in [-0.3, -0.25) is 0 Å². The molecule has 0 saturated carbocycles. The molecule has 0 aliphatic heterocycles. The number of nitrogens with one attached hydrogen (secondary N) is 1. The monoisotopic (exact) mass is 305 g/mol. The van der Waals surface area contributed by atoms with Gasteiger partial charge in [-0.15, -0.1) is 0 Å². The molecule has 1 unspecified atom stereocenters. The Labute approximate surface area is 110 Å². The van der Waals surface area contributed by atoms with Gasteiger partial charge < -0.3 is 10.4 Å². The predicted octanol–water partition coefficient (Wildman–Crippen LogP) is 3.35. The van der Waals surface area contributed by atoms with Crippen molar-refractivity contribution >= 4 is 27.5 Å². The fourth-order valence-corrected chi connectivity index (χ4v) is 2.06. The lowest BCUT2D eigenvalue weighted by molar-refractivity contribution is 0.276. The topological polar surface area (TPSA) is 32.3 Å². The summed E-state index contributed by atoms with van der Waals surface area (Å²) in [6, 6.07) is 6.23. The molecular formula is C12H17BrClNO. The van der Waals surface area contributed by atoms with E-state index in [-0.39, 0.29) is 6.61 Å². The average Bonchev–Trinajstić information content (AvgIpc) is 2.27. The quantitative estimate of drug-likeness (QED) is 0.845. The van der Waals surface area contributed by atoms with E-state index >= 15 is 0 Å². The summed E-state index contributed by atoms with van der Waals surface area (Å²) in [6.45, 7) is 3.12. The molecule has 0 saturated heterocycles. The van der Waals surface area contributed by atoms with Crippen LogP contribution >= 0.6 is 27.5 Å². The van der Waals surface area contributed by atoms with Crippen LogP contribution in [0, 0.1) is 0 Å². The maximum absolute atomic E-state index is 8.73. The van der Waals surface area contributed by atoms with E-state index in [4.69, 9.17) is 16.7 Å². The Balaban J connectivity index is 2.44. The SMILES string of the molecule is CC(CCCO)NCc1cc(Br)ccc1Cl. The van der Waals surface area contributed by atoms with Crippen molar-refractivity contribution < 1.29 is 5.11 Å². The fourth-order valence-electron chi connectivity index (χ4n) is 1.46. The Hall–Kier alpha value is -0.0900. The van der Waals surface area contributed by atoms with Gasteiger partial charge in [0.15, 0.2) is 0 Å². The molecule has 16 heavy (non-hydrogen) atoms. The first kappa shape index (κ1) is 14.0. The molecule has 0 heterocycles. The van der Waals surface area contributed by atoms with E-state index in [2.05, 4.69) is 28.2 Å². The number of aliphatic hydroxyl groups is 1. The van der Waals surface area contributed by atoms with Crippen molar-refractivity contribution in [1.82, 2.24) is 5.32 Å². The van der Waals surface area contributed by atoms with E-state index < -0.39 is 0 Å². The third-order valence-electron chi connectivity index (χ3n) is 2.44. The van der Waals surface area contributed by atoms with Gasteiger partial charge in [-0.05, 0) is 43.5 Å². The molecule has 0 radical (unpaired) electrons. The van der Waals surface area contributed by atoms with Gasteiger partial charge in [-0.2, -0.15) is 0 Å². The molecule has 0 spiro atoms. The molecule has 2 N–H and O–H groups in total. The van der Waals surface area contributed by atoms with Crippen LogP contribution in [0.25, 0.3) is 0 Å². The highest BCUT2D eigenvalue weighted by atomic mass is 79.9. The molecule has 0 aromatic heterocycles. The smallest absolute Gasteiger partial charge is 0.0451 e. The van der Waals surface area contributed by atoms with Crippen LogP contribution in [0.15, 0.2) is 22.7 Å². The average molecular weight is 307 g/mol. The van der Waals surface area contributed by atoms with Gasteiger partial charge in [0.05, 0.1) is 0 Å². The summed E-state index contributed by atoms with van der Waals surface area (Å²) >= 11 is 9.51. The molecule has 0 aliphatic carbocycles. The Bertz CT molecular complexity index is 333. The third kappa shape index (κ3) is 4.83. The zero-order valence-electron chi connectivity index (χ0n) is 9.34. The molecule has 1 atom stereocenters. The maximum Gasteiger partial charge on any atom is 0.0451 e. The molecule has 4 heteroatoms. The van der Waals surface area contributed by atoms with Gasteiger partial charge in [-0.25, -0.2) is 0 Å². The predicted molar refractivity (Wildman–Crippen MR) is 71.8 cm³/mol. The largest absolute Gasteiger partial charge is 0.396 e. The second kappa shape index (κ2) is 7.28. The van der Waals surface area contributed by atoms with Gasteiger partial charge in [0.2, 0.25) is 0 Å². The molecule has 0 amide bonds. The Morgan fingerprint density at radius 2 is 2.25 bits per heavy atom. The van der Waals surface area contributed by atoms with Crippen LogP contribution in [0.4, 0.5) is 0 Å². The van der Waals surface area contributed by atoms with Crippen molar-refractivity contribution in [1.29, 1.82) is 0 Å². The van der Waals surface area contributed by atoms with Crippen LogP contribution in [0.3, 0.4) is 0 Å². The van der Waals surface area contributed by atoms with E-state index in [0.717, 1.165) is 34.4 Å². The van der Waals surface area contributed by atoms with E-state index in [1.165, 1.54) is 0 Å². The zero-order chi connectivity index (χ0) is 12.0. The molecular weight excluding hydrogens is 289 g/mol. The van der Waals surface area contributed by atoms with Gasteiger partial charge in [0.1, 0.15) is 0 Å². The van der Waals surface area contributed by atoms with Gasteiger partial charge in [-0.1, -0.05) is 27.5 Å². The first-order chi connectivity index (χ1) is 7.63. The lowest BCUT2D eigenvalue weighted by Crippen LogP contribution is -2.25.